The molecule has 4 nitrogen and oxygen atoms in total. The molecule has 2 amide bonds. The molecule has 0 saturated heterocycles. The van der Waals surface area contributed by atoms with Gasteiger partial charge in [-0.25, -0.2) is 0 Å². The SMILES string of the molecule is CCCNC(=O)[C@H](CC)N(Cc1ccccc1)C(=O)CCc1ccc(C(C)C)cc1. The van der Waals surface area contributed by atoms with Gasteiger partial charge in [-0.15, -0.1) is 0 Å². The molecule has 0 aliphatic heterocycles. The van der Waals surface area contributed by atoms with E-state index in [1.54, 1.807) is 4.90 Å². The summed E-state index contributed by atoms with van der Waals surface area (Å²) in [5.41, 5.74) is 3.49. The van der Waals surface area contributed by atoms with Crippen molar-refractivity contribution in [3.8, 4) is 0 Å². The zero-order valence-electron chi connectivity index (χ0n) is 18.9. The van der Waals surface area contributed by atoms with E-state index in [4.69, 9.17) is 0 Å². The van der Waals surface area contributed by atoms with Gasteiger partial charge in [0, 0.05) is 19.5 Å². The fraction of sp³-hybridized carbons (Fsp3) is 0.462. The van der Waals surface area contributed by atoms with Crippen LogP contribution in [0.1, 0.15) is 69.6 Å². The lowest BCUT2D eigenvalue weighted by Crippen LogP contribution is -2.49. The summed E-state index contributed by atoms with van der Waals surface area (Å²) in [5.74, 6) is 0.448. The van der Waals surface area contributed by atoms with E-state index in [0.29, 0.717) is 38.3 Å². The third-order valence-electron chi connectivity index (χ3n) is 5.40. The van der Waals surface area contributed by atoms with Crippen molar-refractivity contribution in [2.45, 2.75) is 71.9 Å². The van der Waals surface area contributed by atoms with Crippen molar-refractivity contribution in [2.24, 2.45) is 0 Å². The first-order valence-corrected chi connectivity index (χ1v) is 11.2. The lowest BCUT2D eigenvalue weighted by molar-refractivity contribution is -0.141. The number of aryl methyl sites for hydroxylation is 1. The Morgan fingerprint density at radius 1 is 0.933 bits per heavy atom. The molecule has 2 aromatic rings. The summed E-state index contributed by atoms with van der Waals surface area (Å²) in [6.07, 6.45) is 2.54. The monoisotopic (exact) mass is 408 g/mol. The summed E-state index contributed by atoms with van der Waals surface area (Å²) in [6.45, 7) is 9.42. The van der Waals surface area contributed by atoms with Crippen molar-refractivity contribution in [1.82, 2.24) is 10.2 Å². The number of benzene rings is 2. The minimum atomic E-state index is -0.451. The van der Waals surface area contributed by atoms with Gasteiger partial charge in [-0.1, -0.05) is 82.3 Å². The van der Waals surface area contributed by atoms with Crippen molar-refractivity contribution in [2.75, 3.05) is 6.54 Å². The minimum absolute atomic E-state index is 0.0188. The van der Waals surface area contributed by atoms with Gasteiger partial charge >= 0.3 is 0 Å². The number of hydrogen-bond donors (Lipinski definition) is 1. The number of nitrogens with one attached hydrogen (secondary N) is 1. The van der Waals surface area contributed by atoms with E-state index < -0.39 is 6.04 Å². The van der Waals surface area contributed by atoms with E-state index >= 15 is 0 Å². The van der Waals surface area contributed by atoms with E-state index in [9.17, 15) is 9.59 Å². The summed E-state index contributed by atoms with van der Waals surface area (Å²) in [6, 6.07) is 17.9. The van der Waals surface area contributed by atoms with Gasteiger partial charge in [0.1, 0.15) is 6.04 Å². The largest absolute Gasteiger partial charge is 0.354 e. The Kier molecular flexibility index (Phi) is 9.59. The number of carbonyl (C=O) groups is 2. The molecular weight excluding hydrogens is 372 g/mol. The zero-order chi connectivity index (χ0) is 21.9. The number of nitrogens with zero attached hydrogens (tertiary/aromatic N) is 1. The van der Waals surface area contributed by atoms with E-state index in [1.165, 1.54) is 5.56 Å². The van der Waals surface area contributed by atoms with Gasteiger partial charge in [-0.3, -0.25) is 9.59 Å². The Bertz CT molecular complexity index is 784. The van der Waals surface area contributed by atoms with Crippen LogP contribution in [0.5, 0.6) is 0 Å². The average molecular weight is 409 g/mol. The van der Waals surface area contributed by atoms with E-state index in [0.717, 1.165) is 17.5 Å². The van der Waals surface area contributed by atoms with Crippen LogP contribution in [0.3, 0.4) is 0 Å². The van der Waals surface area contributed by atoms with Crippen molar-refractivity contribution in [3.63, 3.8) is 0 Å². The number of hydrogen-bond acceptors (Lipinski definition) is 2. The van der Waals surface area contributed by atoms with Crippen LogP contribution in [0.15, 0.2) is 54.6 Å². The third-order valence-corrected chi connectivity index (χ3v) is 5.40. The fourth-order valence-electron chi connectivity index (χ4n) is 3.53. The van der Waals surface area contributed by atoms with E-state index in [2.05, 4.69) is 43.4 Å². The molecule has 0 bridgehead atoms. The molecular formula is C26H36N2O2. The quantitative estimate of drug-likeness (QED) is 0.564. The van der Waals surface area contributed by atoms with Gasteiger partial charge in [0.2, 0.25) is 11.8 Å². The highest BCUT2D eigenvalue weighted by Gasteiger charge is 2.28. The molecule has 0 radical (unpaired) electrons. The Balaban J connectivity index is 2.13. The molecule has 4 heteroatoms. The van der Waals surface area contributed by atoms with E-state index in [1.807, 2.05) is 44.2 Å². The van der Waals surface area contributed by atoms with Gasteiger partial charge in [0.05, 0.1) is 0 Å². The van der Waals surface area contributed by atoms with Gasteiger partial charge < -0.3 is 10.2 Å². The molecule has 0 aliphatic rings. The molecule has 162 valence electrons. The second-order valence-electron chi connectivity index (χ2n) is 8.12. The highest BCUT2D eigenvalue weighted by molar-refractivity contribution is 5.87. The molecule has 0 saturated carbocycles. The van der Waals surface area contributed by atoms with Crippen molar-refractivity contribution < 1.29 is 9.59 Å². The third kappa shape index (κ3) is 7.01. The lowest BCUT2D eigenvalue weighted by atomic mass is 10.00. The van der Waals surface area contributed by atoms with Crippen LogP contribution in [0.2, 0.25) is 0 Å². The molecule has 0 fully saturated rings. The van der Waals surface area contributed by atoms with Crippen LogP contribution in [0.25, 0.3) is 0 Å². The Hall–Kier alpha value is -2.62. The van der Waals surface area contributed by atoms with Crippen molar-refractivity contribution in [3.05, 3.63) is 71.3 Å². The molecule has 0 heterocycles. The normalized spacial score (nSPS) is 11.9. The first-order chi connectivity index (χ1) is 14.5. The number of carbonyl (C=O) groups excluding carboxylic acids is 2. The standard InChI is InChI=1S/C26H36N2O2/c1-5-18-27-26(30)24(6-2)28(19-22-10-8-7-9-11-22)25(29)17-14-21-12-15-23(16-13-21)20(3)4/h7-13,15-16,20,24H,5-6,14,17-19H2,1-4H3,(H,27,30)/t24-/m0/s1. The highest BCUT2D eigenvalue weighted by Crippen LogP contribution is 2.17. The van der Waals surface area contributed by atoms with Crippen molar-refractivity contribution >= 4 is 11.8 Å². The van der Waals surface area contributed by atoms with Crippen LogP contribution in [-0.4, -0.2) is 29.3 Å². The predicted octanol–water partition coefficient (Wildman–Crippen LogP) is 5.08. The molecule has 2 aromatic carbocycles. The molecule has 1 N–H and O–H groups in total. The average Bonchev–Trinajstić information content (AvgIpc) is 2.76. The lowest BCUT2D eigenvalue weighted by Gasteiger charge is -2.30. The molecule has 0 aromatic heterocycles. The minimum Gasteiger partial charge on any atom is -0.354 e. The Morgan fingerprint density at radius 3 is 2.17 bits per heavy atom. The molecule has 1 atom stereocenters. The molecule has 30 heavy (non-hydrogen) atoms. The van der Waals surface area contributed by atoms with Gasteiger partial charge in [-0.2, -0.15) is 0 Å². The Labute approximate surface area is 181 Å². The van der Waals surface area contributed by atoms with Crippen LogP contribution >= 0.6 is 0 Å². The maximum absolute atomic E-state index is 13.2. The molecule has 0 spiro atoms. The predicted molar refractivity (Wildman–Crippen MR) is 123 cm³/mol. The smallest absolute Gasteiger partial charge is 0.242 e. The fourth-order valence-corrected chi connectivity index (χ4v) is 3.53. The summed E-state index contributed by atoms with van der Waals surface area (Å²) < 4.78 is 0. The summed E-state index contributed by atoms with van der Waals surface area (Å²) in [7, 11) is 0. The maximum Gasteiger partial charge on any atom is 0.242 e. The van der Waals surface area contributed by atoms with Crippen LogP contribution in [-0.2, 0) is 22.6 Å². The van der Waals surface area contributed by atoms with Crippen LogP contribution in [0.4, 0.5) is 0 Å². The van der Waals surface area contributed by atoms with E-state index in [-0.39, 0.29) is 11.8 Å². The van der Waals surface area contributed by atoms with Gasteiger partial charge in [0.25, 0.3) is 0 Å². The Morgan fingerprint density at radius 2 is 1.60 bits per heavy atom. The number of rotatable bonds is 11. The van der Waals surface area contributed by atoms with Crippen LogP contribution < -0.4 is 5.32 Å². The molecule has 0 unspecified atom stereocenters. The topological polar surface area (TPSA) is 49.4 Å². The maximum atomic E-state index is 13.2. The van der Waals surface area contributed by atoms with Gasteiger partial charge in [0.15, 0.2) is 0 Å². The summed E-state index contributed by atoms with van der Waals surface area (Å²) in [4.78, 5) is 27.7. The summed E-state index contributed by atoms with van der Waals surface area (Å²) in [5, 5.41) is 2.96. The van der Waals surface area contributed by atoms with Gasteiger partial charge in [-0.05, 0) is 41.9 Å². The van der Waals surface area contributed by atoms with Crippen molar-refractivity contribution in [1.29, 1.82) is 0 Å². The molecule has 0 aliphatic carbocycles. The highest BCUT2D eigenvalue weighted by atomic mass is 16.2. The second-order valence-corrected chi connectivity index (χ2v) is 8.12. The molecule has 2 rings (SSSR count). The first-order valence-electron chi connectivity index (χ1n) is 11.2. The van der Waals surface area contributed by atoms with Crippen LogP contribution in [0, 0.1) is 0 Å². The summed E-state index contributed by atoms with van der Waals surface area (Å²) >= 11 is 0. The first kappa shape index (κ1) is 23.7. The second kappa shape index (κ2) is 12.2. The number of amides is 2. The zero-order valence-corrected chi connectivity index (χ0v) is 18.9.